The van der Waals surface area contributed by atoms with Gasteiger partial charge in [-0.3, -0.25) is 20.1 Å². The summed E-state index contributed by atoms with van der Waals surface area (Å²) in [5, 5.41) is 0. The number of aromatic amines is 1. The maximum Gasteiger partial charge on any atom is 0.338 e. The second-order valence-electron chi connectivity index (χ2n) is 8.02. The SMILES string of the molecule is Cc1cn([C@@H]2O[C@](N)(COC(=O)c3ccccc3)[C@@H](OC(=O)c3ccccc3)[C@@H]2F)c(=O)[nH]c1=O. The summed E-state index contributed by atoms with van der Waals surface area (Å²) in [6.45, 7) is 0.725. The van der Waals surface area contributed by atoms with Gasteiger partial charge in [-0.15, -0.1) is 0 Å². The second kappa shape index (κ2) is 9.65. The van der Waals surface area contributed by atoms with Crippen molar-refractivity contribution in [3.63, 3.8) is 0 Å². The third-order valence-electron chi connectivity index (χ3n) is 5.49. The van der Waals surface area contributed by atoms with E-state index < -0.39 is 54.0 Å². The Morgan fingerprint density at radius 1 is 1.06 bits per heavy atom. The lowest BCUT2D eigenvalue weighted by Crippen LogP contribution is -2.56. The molecule has 1 saturated heterocycles. The predicted molar refractivity (Wildman–Crippen MR) is 120 cm³/mol. The van der Waals surface area contributed by atoms with Gasteiger partial charge in [0.2, 0.25) is 0 Å². The quantitative estimate of drug-likeness (QED) is 0.502. The van der Waals surface area contributed by atoms with Crippen molar-refractivity contribution >= 4 is 11.9 Å². The van der Waals surface area contributed by atoms with Crippen LogP contribution in [0.3, 0.4) is 0 Å². The molecule has 2 aromatic carbocycles. The lowest BCUT2D eigenvalue weighted by molar-refractivity contribution is -0.129. The highest BCUT2D eigenvalue weighted by Gasteiger charge is 2.58. The van der Waals surface area contributed by atoms with E-state index >= 15 is 4.39 Å². The molecule has 0 amide bonds. The second-order valence-corrected chi connectivity index (χ2v) is 8.02. The van der Waals surface area contributed by atoms with Crippen LogP contribution in [-0.2, 0) is 14.2 Å². The van der Waals surface area contributed by atoms with Crippen molar-refractivity contribution in [2.45, 2.75) is 31.2 Å². The zero-order chi connectivity index (χ0) is 25.2. The number of nitrogens with zero attached hydrogens (tertiary/aromatic N) is 1. The summed E-state index contributed by atoms with van der Waals surface area (Å²) in [5.74, 6) is -1.65. The number of rotatable bonds is 6. The van der Waals surface area contributed by atoms with Gasteiger partial charge in [0.1, 0.15) is 6.61 Å². The summed E-state index contributed by atoms with van der Waals surface area (Å²) >= 11 is 0. The summed E-state index contributed by atoms with van der Waals surface area (Å²) in [6, 6.07) is 15.8. The topological polar surface area (TPSA) is 143 Å². The number of aryl methyl sites for hydroxylation is 1. The molecule has 4 rings (SSSR count). The molecule has 182 valence electrons. The molecule has 11 heteroatoms. The summed E-state index contributed by atoms with van der Waals surface area (Å²) < 4.78 is 32.8. The van der Waals surface area contributed by atoms with E-state index in [1.54, 1.807) is 36.4 Å². The number of nitrogens with one attached hydrogen (secondary N) is 1. The van der Waals surface area contributed by atoms with Crippen molar-refractivity contribution in [1.82, 2.24) is 9.55 Å². The number of ether oxygens (including phenoxy) is 3. The first kappa shape index (κ1) is 24.0. The van der Waals surface area contributed by atoms with E-state index in [-0.39, 0.29) is 16.7 Å². The zero-order valence-electron chi connectivity index (χ0n) is 18.6. The Morgan fingerprint density at radius 3 is 2.23 bits per heavy atom. The predicted octanol–water partition coefficient (Wildman–Crippen LogP) is 1.45. The lowest BCUT2D eigenvalue weighted by Gasteiger charge is -2.29. The van der Waals surface area contributed by atoms with E-state index in [1.165, 1.54) is 31.2 Å². The largest absolute Gasteiger partial charge is 0.457 e. The Bertz CT molecular complexity index is 1340. The number of esters is 2. The molecular formula is C24H22FN3O7. The van der Waals surface area contributed by atoms with Crippen molar-refractivity contribution in [1.29, 1.82) is 0 Å². The molecule has 0 bridgehead atoms. The van der Waals surface area contributed by atoms with Crippen LogP contribution in [0.2, 0.25) is 0 Å². The van der Waals surface area contributed by atoms with Crippen LogP contribution >= 0.6 is 0 Å². The fraction of sp³-hybridized carbons (Fsp3) is 0.250. The normalized spacial score (nSPS) is 23.6. The third-order valence-corrected chi connectivity index (χ3v) is 5.49. The van der Waals surface area contributed by atoms with Gasteiger partial charge in [0.15, 0.2) is 24.2 Å². The van der Waals surface area contributed by atoms with Crippen molar-refractivity contribution in [2.75, 3.05) is 6.61 Å². The maximum absolute atomic E-state index is 15.7. The molecular weight excluding hydrogens is 461 g/mol. The number of aromatic nitrogens is 2. The smallest absolute Gasteiger partial charge is 0.338 e. The minimum atomic E-state index is -2.15. The van der Waals surface area contributed by atoms with Crippen molar-refractivity contribution < 1.29 is 28.2 Å². The van der Waals surface area contributed by atoms with E-state index in [0.717, 1.165) is 10.8 Å². The molecule has 0 spiro atoms. The molecule has 3 aromatic rings. The molecule has 35 heavy (non-hydrogen) atoms. The molecule has 1 aliphatic heterocycles. The van der Waals surface area contributed by atoms with E-state index in [1.807, 2.05) is 0 Å². The van der Waals surface area contributed by atoms with Gasteiger partial charge in [-0.05, 0) is 31.2 Å². The number of nitrogens with two attached hydrogens (primary N) is 1. The Morgan fingerprint density at radius 2 is 1.63 bits per heavy atom. The number of hydrogen-bond donors (Lipinski definition) is 2. The van der Waals surface area contributed by atoms with Gasteiger partial charge in [-0.2, -0.15) is 0 Å². The van der Waals surface area contributed by atoms with Crippen LogP contribution in [0.5, 0.6) is 0 Å². The Hall–Kier alpha value is -4.09. The van der Waals surface area contributed by atoms with E-state index in [0.29, 0.717) is 0 Å². The molecule has 0 radical (unpaired) electrons. The molecule has 0 saturated carbocycles. The minimum absolute atomic E-state index is 0.114. The summed E-state index contributed by atoms with van der Waals surface area (Å²) in [7, 11) is 0. The standard InChI is InChI=1S/C24H22FN3O7/c1-14-12-28(23(32)27-19(14)29)20-17(25)18(34-22(31)16-10-6-3-7-11-16)24(26,35-20)13-33-21(30)15-8-4-2-5-9-15/h2-12,17-18,20H,13,26H2,1H3,(H,27,29,32)/t17-,18-,20+,24+/m0/s1. The monoisotopic (exact) mass is 483 g/mol. The van der Waals surface area contributed by atoms with Crippen molar-refractivity contribution in [3.05, 3.63) is 104 Å². The number of carbonyl (C=O) groups excluding carboxylic acids is 2. The Balaban J connectivity index is 1.64. The van der Waals surface area contributed by atoms with Gasteiger partial charge in [0.25, 0.3) is 5.56 Å². The molecule has 1 fully saturated rings. The van der Waals surface area contributed by atoms with Crippen molar-refractivity contribution in [3.8, 4) is 0 Å². The highest BCUT2D eigenvalue weighted by Crippen LogP contribution is 2.38. The van der Waals surface area contributed by atoms with Gasteiger partial charge in [-0.1, -0.05) is 36.4 Å². The van der Waals surface area contributed by atoms with Crippen LogP contribution < -0.4 is 17.0 Å². The van der Waals surface area contributed by atoms with Crippen LogP contribution in [0.1, 0.15) is 32.5 Å². The van der Waals surface area contributed by atoms with Gasteiger partial charge in [-0.25, -0.2) is 18.8 Å². The lowest BCUT2D eigenvalue weighted by atomic mass is 10.1. The average molecular weight is 483 g/mol. The fourth-order valence-electron chi connectivity index (χ4n) is 3.64. The third kappa shape index (κ3) is 4.91. The maximum atomic E-state index is 15.7. The first-order chi connectivity index (χ1) is 16.7. The average Bonchev–Trinajstić information content (AvgIpc) is 3.11. The number of halogens is 1. The summed E-state index contributed by atoms with van der Waals surface area (Å²) in [5.41, 5.74) is 2.99. The van der Waals surface area contributed by atoms with Gasteiger partial charge in [0.05, 0.1) is 11.1 Å². The van der Waals surface area contributed by atoms with Gasteiger partial charge < -0.3 is 14.2 Å². The number of benzene rings is 2. The van der Waals surface area contributed by atoms with E-state index in [2.05, 4.69) is 4.98 Å². The van der Waals surface area contributed by atoms with Crippen LogP contribution in [0.15, 0.2) is 76.4 Å². The number of alkyl halides is 1. The van der Waals surface area contributed by atoms with Gasteiger partial charge >= 0.3 is 17.6 Å². The Labute approximate surface area is 198 Å². The molecule has 2 heterocycles. The first-order valence-electron chi connectivity index (χ1n) is 10.6. The Kier molecular flexibility index (Phi) is 6.63. The zero-order valence-corrected chi connectivity index (χ0v) is 18.6. The van der Waals surface area contributed by atoms with Crippen molar-refractivity contribution in [2.24, 2.45) is 5.73 Å². The summed E-state index contributed by atoms with van der Waals surface area (Å²) in [4.78, 5) is 51.3. The van der Waals surface area contributed by atoms with Crippen LogP contribution in [-0.4, -0.2) is 46.1 Å². The van der Waals surface area contributed by atoms with Gasteiger partial charge in [0, 0.05) is 11.8 Å². The van der Waals surface area contributed by atoms with E-state index in [9.17, 15) is 19.2 Å². The number of hydrogen-bond acceptors (Lipinski definition) is 8. The molecule has 3 N–H and O–H groups in total. The van der Waals surface area contributed by atoms with Crippen LogP contribution in [0, 0.1) is 6.92 Å². The molecule has 0 unspecified atom stereocenters. The molecule has 10 nitrogen and oxygen atoms in total. The van der Waals surface area contributed by atoms with Crippen LogP contribution in [0.4, 0.5) is 4.39 Å². The van der Waals surface area contributed by atoms with Crippen LogP contribution in [0.25, 0.3) is 0 Å². The van der Waals surface area contributed by atoms with E-state index in [4.69, 9.17) is 19.9 Å². The number of carbonyl (C=O) groups is 2. The fourth-order valence-corrected chi connectivity index (χ4v) is 3.64. The minimum Gasteiger partial charge on any atom is -0.457 e. The number of H-pyrrole nitrogens is 1. The molecule has 1 aromatic heterocycles. The first-order valence-corrected chi connectivity index (χ1v) is 10.6. The molecule has 1 aliphatic rings. The highest BCUT2D eigenvalue weighted by molar-refractivity contribution is 5.90. The highest BCUT2D eigenvalue weighted by atomic mass is 19.1. The summed E-state index contributed by atoms with van der Waals surface area (Å²) in [6.07, 6.45) is -4.48. The molecule has 4 atom stereocenters. The molecule has 0 aliphatic carbocycles.